The van der Waals surface area contributed by atoms with Crippen LogP contribution >= 0.6 is 0 Å². The lowest BCUT2D eigenvalue weighted by atomic mass is 10.0. The number of nitrogens with zero attached hydrogens (tertiary/aromatic N) is 4. The molecular weight excluding hydrogens is 460 g/mol. The van der Waals surface area contributed by atoms with Crippen LogP contribution in [0.4, 0.5) is 0 Å². The predicted octanol–water partition coefficient (Wildman–Crippen LogP) is 6.04. The average molecular weight is 481 g/mol. The SMILES string of the molecule is Cn1c(-c2cccnc2)cc2c1nc(C=C1C(=O)c3cc4ccccc4cc3C1=O)n2-c1ccccc1. The summed E-state index contributed by atoms with van der Waals surface area (Å²) in [5, 5.41) is 1.87. The molecule has 0 unspecified atom stereocenters. The van der Waals surface area contributed by atoms with Crippen molar-refractivity contribution in [3.05, 3.63) is 120 Å². The normalized spacial score (nSPS) is 13.1. The summed E-state index contributed by atoms with van der Waals surface area (Å²) in [6, 6.07) is 27.2. The van der Waals surface area contributed by atoms with E-state index in [1.807, 2.05) is 101 Å². The van der Waals surface area contributed by atoms with Crippen molar-refractivity contribution in [2.24, 2.45) is 7.05 Å². The van der Waals surface area contributed by atoms with Crippen molar-refractivity contribution in [2.45, 2.75) is 0 Å². The molecule has 3 heterocycles. The highest BCUT2D eigenvalue weighted by atomic mass is 16.2. The summed E-state index contributed by atoms with van der Waals surface area (Å²) in [5.74, 6) is -0.0134. The number of hydrogen-bond donors (Lipinski definition) is 0. The number of fused-ring (bicyclic) bond motifs is 3. The Bertz CT molecular complexity index is 1860. The number of hydrogen-bond acceptors (Lipinski definition) is 4. The maximum absolute atomic E-state index is 13.4. The highest BCUT2D eigenvalue weighted by molar-refractivity contribution is 6.42. The maximum atomic E-state index is 13.4. The Morgan fingerprint density at radius 3 is 2.11 bits per heavy atom. The first-order valence-electron chi connectivity index (χ1n) is 12.0. The van der Waals surface area contributed by atoms with Crippen LogP contribution in [0.3, 0.4) is 0 Å². The molecule has 0 N–H and O–H groups in total. The molecule has 0 bridgehead atoms. The van der Waals surface area contributed by atoms with Gasteiger partial charge in [-0.25, -0.2) is 4.98 Å². The van der Waals surface area contributed by atoms with Crippen LogP contribution in [0.25, 0.3) is 45.0 Å². The molecule has 6 heteroatoms. The van der Waals surface area contributed by atoms with Crippen LogP contribution in [0.2, 0.25) is 0 Å². The van der Waals surface area contributed by atoms with Gasteiger partial charge in [-0.3, -0.25) is 19.1 Å². The van der Waals surface area contributed by atoms with Gasteiger partial charge in [0, 0.05) is 41.8 Å². The van der Waals surface area contributed by atoms with Crippen LogP contribution < -0.4 is 0 Å². The second kappa shape index (κ2) is 7.96. The largest absolute Gasteiger partial charge is 0.327 e. The number of allylic oxidation sites excluding steroid dienone is 1. The molecule has 1 aliphatic rings. The monoisotopic (exact) mass is 480 g/mol. The van der Waals surface area contributed by atoms with E-state index in [1.165, 1.54) is 0 Å². The van der Waals surface area contributed by atoms with E-state index in [9.17, 15) is 9.59 Å². The molecule has 0 saturated heterocycles. The topological polar surface area (TPSA) is 69.8 Å². The molecular formula is C31H20N4O2. The second-order valence-electron chi connectivity index (χ2n) is 9.14. The summed E-state index contributed by atoms with van der Waals surface area (Å²) >= 11 is 0. The lowest BCUT2D eigenvalue weighted by Crippen LogP contribution is -2.03. The Hall–Kier alpha value is -5.10. The number of aryl methyl sites for hydroxylation is 1. The average Bonchev–Trinajstić information content (AvgIpc) is 3.53. The second-order valence-corrected chi connectivity index (χ2v) is 9.14. The summed E-state index contributed by atoms with van der Waals surface area (Å²) in [6.07, 6.45) is 5.20. The number of pyridine rings is 1. The van der Waals surface area contributed by atoms with Crippen molar-refractivity contribution in [1.29, 1.82) is 0 Å². The van der Waals surface area contributed by atoms with E-state index in [4.69, 9.17) is 4.98 Å². The number of para-hydroxylation sites is 1. The first-order valence-corrected chi connectivity index (χ1v) is 12.0. The summed E-state index contributed by atoms with van der Waals surface area (Å²) in [5.41, 5.74) is 5.48. The minimum atomic E-state index is -0.270. The number of rotatable bonds is 3. The van der Waals surface area contributed by atoms with Gasteiger partial charge in [0.25, 0.3) is 0 Å². The predicted molar refractivity (Wildman–Crippen MR) is 144 cm³/mol. The van der Waals surface area contributed by atoms with E-state index in [0.717, 1.165) is 38.9 Å². The van der Waals surface area contributed by atoms with E-state index in [-0.39, 0.29) is 17.1 Å². The number of carbonyl (C=O) groups is 2. The van der Waals surface area contributed by atoms with E-state index in [2.05, 4.69) is 11.1 Å². The van der Waals surface area contributed by atoms with Gasteiger partial charge in [0.15, 0.2) is 17.2 Å². The van der Waals surface area contributed by atoms with Crippen LogP contribution in [0.1, 0.15) is 26.5 Å². The van der Waals surface area contributed by atoms with Crippen molar-refractivity contribution in [2.75, 3.05) is 0 Å². The highest BCUT2D eigenvalue weighted by Crippen LogP contribution is 2.34. The van der Waals surface area contributed by atoms with Crippen LogP contribution in [0, 0.1) is 0 Å². The number of benzene rings is 3. The molecule has 6 aromatic rings. The molecule has 1 aliphatic carbocycles. The van der Waals surface area contributed by atoms with Crippen LogP contribution in [0.15, 0.2) is 103 Å². The quantitative estimate of drug-likeness (QED) is 0.229. The van der Waals surface area contributed by atoms with E-state index >= 15 is 0 Å². The minimum absolute atomic E-state index is 0.130. The fourth-order valence-corrected chi connectivity index (χ4v) is 5.16. The van der Waals surface area contributed by atoms with Gasteiger partial charge in [-0.05, 0) is 59.3 Å². The van der Waals surface area contributed by atoms with E-state index < -0.39 is 0 Å². The number of Topliss-reactive ketones (excluding diaryl/α,β-unsaturated/α-hetero) is 2. The first kappa shape index (κ1) is 21.2. The Balaban J connectivity index is 1.43. The third kappa shape index (κ3) is 3.19. The van der Waals surface area contributed by atoms with Gasteiger partial charge in [0.1, 0.15) is 5.82 Å². The molecule has 0 radical (unpaired) electrons. The van der Waals surface area contributed by atoms with Gasteiger partial charge in [0.2, 0.25) is 0 Å². The van der Waals surface area contributed by atoms with Crippen molar-refractivity contribution >= 4 is 39.6 Å². The third-order valence-corrected chi connectivity index (χ3v) is 6.98. The lowest BCUT2D eigenvalue weighted by molar-refractivity contribution is 0.0990. The first-order chi connectivity index (χ1) is 18.1. The molecule has 37 heavy (non-hydrogen) atoms. The van der Waals surface area contributed by atoms with Gasteiger partial charge >= 0.3 is 0 Å². The molecule has 176 valence electrons. The smallest absolute Gasteiger partial charge is 0.197 e. The molecule has 0 saturated carbocycles. The summed E-state index contributed by atoms with van der Waals surface area (Å²) in [6.45, 7) is 0. The van der Waals surface area contributed by atoms with Crippen molar-refractivity contribution in [1.82, 2.24) is 19.1 Å². The Morgan fingerprint density at radius 1 is 0.784 bits per heavy atom. The summed E-state index contributed by atoms with van der Waals surface area (Å²) in [4.78, 5) is 36.0. The fourth-order valence-electron chi connectivity index (χ4n) is 5.16. The Kier molecular flexibility index (Phi) is 4.56. The van der Waals surface area contributed by atoms with Crippen LogP contribution in [0.5, 0.6) is 0 Å². The maximum Gasteiger partial charge on any atom is 0.197 e. The van der Waals surface area contributed by atoms with Crippen molar-refractivity contribution in [3.63, 3.8) is 0 Å². The molecule has 3 aromatic carbocycles. The lowest BCUT2D eigenvalue weighted by Gasteiger charge is -2.07. The van der Waals surface area contributed by atoms with Gasteiger partial charge in [-0.15, -0.1) is 0 Å². The molecule has 3 aromatic heterocycles. The number of carbonyl (C=O) groups excluding carboxylic acids is 2. The molecule has 0 fully saturated rings. The van der Waals surface area contributed by atoms with E-state index in [1.54, 1.807) is 12.3 Å². The summed E-state index contributed by atoms with van der Waals surface area (Å²) in [7, 11) is 1.96. The van der Waals surface area contributed by atoms with Crippen LogP contribution in [-0.4, -0.2) is 30.7 Å². The molecule has 6 nitrogen and oxygen atoms in total. The van der Waals surface area contributed by atoms with Gasteiger partial charge in [0.05, 0.1) is 16.8 Å². The zero-order chi connectivity index (χ0) is 25.1. The van der Waals surface area contributed by atoms with Gasteiger partial charge in [-0.2, -0.15) is 0 Å². The number of imidazole rings is 1. The van der Waals surface area contributed by atoms with Crippen molar-refractivity contribution < 1.29 is 9.59 Å². The molecule has 0 amide bonds. The van der Waals surface area contributed by atoms with Gasteiger partial charge in [-0.1, -0.05) is 42.5 Å². The molecule has 0 atom stereocenters. The zero-order valence-corrected chi connectivity index (χ0v) is 19.9. The van der Waals surface area contributed by atoms with Gasteiger partial charge < -0.3 is 4.57 Å². The number of ketones is 2. The molecule has 0 spiro atoms. The summed E-state index contributed by atoms with van der Waals surface area (Å²) < 4.78 is 4.00. The minimum Gasteiger partial charge on any atom is -0.327 e. The number of aromatic nitrogens is 4. The van der Waals surface area contributed by atoms with Crippen molar-refractivity contribution in [3.8, 4) is 16.9 Å². The Labute approximate surface area is 212 Å². The zero-order valence-electron chi connectivity index (χ0n) is 19.9. The van der Waals surface area contributed by atoms with Crippen LogP contribution in [-0.2, 0) is 7.05 Å². The molecule has 0 aliphatic heterocycles. The highest BCUT2D eigenvalue weighted by Gasteiger charge is 2.34. The third-order valence-electron chi connectivity index (χ3n) is 6.98. The Morgan fingerprint density at radius 2 is 1.46 bits per heavy atom. The molecule has 7 rings (SSSR count). The fraction of sp³-hybridized carbons (Fsp3) is 0.0323. The van der Waals surface area contributed by atoms with E-state index in [0.29, 0.717) is 17.0 Å². The standard InChI is InChI=1S/C31H20N4O2/c1-34-26(21-10-7-13-32-18-21)17-27-31(34)33-28(35(27)22-11-3-2-4-12-22)16-25-29(36)23-14-19-8-5-6-9-20(19)15-24(23)30(25)37/h2-18H,1H3.